The van der Waals surface area contributed by atoms with E-state index in [0.717, 1.165) is 29.9 Å². The Hall–Kier alpha value is -1.71. The van der Waals surface area contributed by atoms with Gasteiger partial charge >= 0.3 is 0 Å². The molecule has 4 N–H and O–H groups in total. The fourth-order valence-corrected chi connectivity index (χ4v) is 1.55. The van der Waals surface area contributed by atoms with E-state index in [1.54, 1.807) is 0 Å². The summed E-state index contributed by atoms with van der Waals surface area (Å²) >= 11 is 0. The smallest absolute Gasteiger partial charge is 0.221 e. The van der Waals surface area contributed by atoms with Crippen LogP contribution in [0.5, 0.6) is 0 Å². The number of hydrogen-bond acceptors (Lipinski definition) is 3. The first-order valence-electron chi connectivity index (χ1n) is 6.00. The number of carbonyl (C=O) groups excluding carboxylic acids is 1. The number of nitrogens with one attached hydrogen (secondary N) is 2. The molecule has 0 unspecified atom stereocenters. The number of aryl methyl sites for hydroxylation is 1. The molecule has 0 aliphatic rings. The van der Waals surface area contributed by atoms with E-state index in [4.69, 9.17) is 5.73 Å². The average molecular weight is 235 g/mol. The predicted octanol–water partition coefficient (Wildman–Crippen LogP) is 1.91. The van der Waals surface area contributed by atoms with Crippen molar-refractivity contribution in [1.82, 2.24) is 5.32 Å². The number of anilines is 2. The molecule has 0 aromatic heterocycles. The van der Waals surface area contributed by atoms with Crippen molar-refractivity contribution in [1.29, 1.82) is 0 Å². The number of rotatable bonds is 6. The van der Waals surface area contributed by atoms with Crippen LogP contribution >= 0.6 is 0 Å². The van der Waals surface area contributed by atoms with Gasteiger partial charge in [0.05, 0.1) is 0 Å². The van der Waals surface area contributed by atoms with Crippen LogP contribution in [0.4, 0.5) is 11.4 Å². The first kappa shape index (κ1) is 13.4. The van der Waals surface area contributed by atoms with E-state index in [1.807, 2.05) is 32.0 Å². The first-order valence-corrected chi connectivity index (χ1v) is 6.00. The number of nitrogens with two attached hydrogens (primary N) is 1. The van der Waals surface area contributed by atoms with Crippen LogP contribution in [0.1, 0.15) is 25.3 Å². The summed E-state index contributed by atoms with van der Waals surface area (Å²) in [5, 5.41) is 6.07. The Labute approximate surface area is 103 Å². The highest BCUT2D eigenvalue weighted by Gasteiger charge is 2.01. The fourth-order valence-electron chi connectivity index (χ4n) is 1.55. The molecule has 1 aromatic carbocycles. The Balaban J connectivity index is 2.33. The molecule has 1 amide bonds. The summed E-state index contributed by atoms with van der Waals surface area (Å²) in [4.78, 5) is 11.4. The summed E-state index contributed by atoms with van der Waals surface area (Å²) in [5.41, 5.74) is 8.55. The van der Waals surface area contributed by atoms with Crippen molar-refractivity contribution >= 4 is 17.3 Å². The van der Waals surface area contributed by atoms with E-state index in [2.05, 4.69) is 10.6 Å². The maximum atomic E-state index is 11.4. The van der Waals surface area contributed by atoms with Crippen LogP contribution in [-0.4, -0.2) is 19.0 Å². The molecule has 4 heteroatoms. The van der Waals surface area contributed by atoms with Crippen LogP contribution in [0.2, 0.25) is 0 Å². The van der Waals surface area contributed by atoms with Gasteiger partial charge < -0.3 is 16.4 Å². The lowest BCUT2D eigenvalue weighted by atomic mass is 10.2. The second-order valence-electron chi connectivity index (χ2n) is 4.10. The third-order valence-electron chi connectivity index (χ3n) is 2.49. The SMILES string of the molecule is CCCNC(=O)CCNc1ccc(N)cc1C. The maximum absolute atomic E-state index is 11.4. The van der Waals surface area contributed by atoms with E-state index >= 15 is 0 Å². The molecule has 0 fully saturated rings. The molecule has 0 bridgehead atoms. The standard InChI is InChI=1S/C13H21N3O/c1-3-7-16-13(17)6-8-15-12-5-4-11(14)9-10(12)2/h4-5,9,15H,3,6-8,14H2,1-2H3,(H,16,17). The lowest BCUT2D eigenvalue weighted by Gasteiger charge is -2.10. The van der Waals surface area contributed by atoms with Crippen LogP contribution in [0.25, 0.3) is 0 Å². The van der Waals surface area contributed by atoms with Gasteiger partial charge in [-0.15, -0.1) is 0 Å². The Bertz CT molecular complexity index is 377. The number of amides is 1. The molecule has 0 heterocycles. The molecule has 0 saturated carbocycles. The molecule has 0 aliphatic carbocycles. The molecule has 0 spiro atoms. The molecule has 0 aliphatic heterocycles. The van der Waals surface area contributed by atoms with Crippen LogP contribution < -0.4 is 16.4 Å². The maximum Gasteiger partial charge on any atom is 0.221 e. The van der Waals surface area contributed by atoms with E-state index < -0.39 is 0 Å². The minimum Gasteiger partial charge on any atom is -0.399 e. The highest BCUT2D eigenvalue weighted by Crippen LogP contribution is 2.17. The molecule has 17 heavy (non-hydrogen) atoms. The van der Waals surface area contributed by atoms with Crippen LogP contribution in [-0.2, 0) is 4.79 Å². The van der Waals surface area contributed by atoms with Gasteiger partial charge in [0.25, 0.3) is 0 Å². The molecule has 0 radical (unpaired) electrons. The summed E-state index contributed by atoms with van der Waals surface area (Å²) in [7, 11) is 0. The Morgan fingerprint density at radius 3 is 2.76 bits per heavy atom. The first-order chi connectivity index (χ1) is 8.13. The third-order valence-corrected chi connectivity index (χ3v) is 2.49. The van der Waals surface area contributed by atoms with E-state index in [-0.39, 0.29) is 5.91 Å². The van der Waals surface area contributed by atoms with Crippen molar-refractivity contribution in [3.63, 3.8) is 0 Å². The number of nitrogen functional groups attached to an aromatic ring is 1. The molecular formula is C13H21N3O. The zero-order chi connectivity index (χ0) is 12.7. The van der Waals surface area contributed by atoms with Crippen molar-refractivity contribution in [3.8, 4) is 0 Å². The predicted molar refractivity (Wildman–Crippen MR) is 72.0 cm³/mol. The van der Waals surface area contributed by atoms with Gasteiger partial charge in [-0.25, -0.2) is 0 Å². The normalized spacial score (nSPS) is 10.0. The van der Waals surface area contributed by atoms with Gasteiger partial charge in [0, 0.05) is 30.9 Å². The van der Waals surface area contributed by atoms with E-state index in [1.165, 1.54) is 0 Å². The highest BCUT2D eigenvalue weighted by atomic mass is 16.1. The minimum absolute atomic E-state index is 0.0902. The summed E-state index contributed by atoms with van der Waals surface area (Å²) in [6, 6.07) is 5.71. The number of benzene rings is 1. The Morgan fingerprint density at radius 2 is 2.12 bits per heavy atom. The Morgan fingerprint density at radius 1 is 1.35 bits per heavy atom. The third kappa shape index (κ3) is 4.76. The zero-order valence-corrected chi connectivity index (χ0v) is 10.5. The second-order valence-corrected chi connectivity index (χ2v) is 4.10. The van der Waals surface area contributed by atoms with Crippen molar-refractivity contribution in [2.75, 3.05) is 24.1 Å². The van der Waals surface area contributed by atoms with Gasteiger partial charge in [-0.05, 0) is 37.1 Å². The number of hydrogen-bond donors (Lipinski definition) is 3. The van der Waals surface area contributed by atoms with Gasteiger partial charge in [-0.2, -0.15) is 0 Å². The van der Waals surface area contributed by atoms with Crippen LogP contribution in [0.15, 0.2) is 18.2 Å². The quantitative estimate of drug-likeness (QED) is 0.660. The van der Waals surface area contributed by atoms with Gasteiger partial charge in [-0.1, -0.05) is 6.92 Å². The molecule has 94 valence electrons. The average Bonchev–Trinajstić information content (AvgIpc) is 2.29. The summed E-state index contributed by atoms with van der Waals surface area (Å²) in [5.74, 6) is 0.0902. The molecule has 1 aromatic rings. The topological polar surface area (TPSA) is 67.2 Å². The van der Waals surface area contributed by atoms with E-state index in [9.17, 15) is 4.79 Å². The van der Waals surface area contributed by atoms with Crippen molar-refractivity contribution in [2.24, 2.45) is 0 Å². The van der Waals surface area contributed by atoms with Crippen molar-refractivity contribution in [2.45, 2.75) is 26.7 Å². The van der Waals surface area contributed by atoms with Crippen LogP contribution in [0, 0.1) is 6.92 Å². The Kier molecular flexibility index (Phi) is 5.33. The molecule has 1 rings (SSSR count). The molecule has 0 saturated heterocycles. The largest absolute Gasteiger partial charge is 0.399 e. The number of carbonyl (C=O) groups is 1. The van der Waals surface area contributed by atoms with Crippen molar-refractivity contribution in [3.05, 3.63) is 23.8 Å². The van der Waals surface area contributed by atoms with Gasteiger partial charge in [0.1, 0.15) is 0 Å². The summed E-state index contributed by atoms with van der Waals surface area (Å²) < 4.78 is 0. The summed E-state index contributed by atoms with van der Waals surface area (Å²) in [6.45, 7) is 5.42. The zero-order valence-electron chi connectivity index (χ0n) is 10.5. The molecule has 0 atom stereocenters. The lowest BCUT2D eigenvalue weighted by molar-refractivity contribution is -0.120. The lowest BCUT2D eigenvalue weighted by Crippen LogP contribution is -2.25. The summed E-state index contributed by atoms with van der Waals surface area (Å²) in [6.07, 6.45) is 1.46. The minimum atomic E-state index is 0.0902. The monoisotopic (exact) mass is 235 g/mol. The van der Waals surface area contributed by atoms with Crippen LogP contribution in [0.3, 0.4) is 0 Å². The highest BCUT2D eigenvalue weighted by molar-refractivity contribution is 5.76. The van der Waals surface area contributed by atoms with Crippen molar-refractivity contribution < 1.29 is 4.79 Å². The van der Waals surface area contributed by atoms with E-state index in [0.29, 0.717) is 13.0 Å². The van der Waals surface area contributed by atoms with Gasteiger partial charge in [0.15, 0.2) is 0 Å². The second kappa shape index (κ2) is 6.78. The molecule has 4 nitrogen and oxygen atoms in total. The van der Waals surface area contributed by atoms with Gasteiger partial charge in [-0.3, -0.25) is 4.79 Å². The fraction of sp³-hybridized carbons (Fsp3) is 0.462. The molecular weight excluding hydrogens is 214 g/mol. The van der Waals surface area contributed by atoms with Gasteiger partial charge in [0.2, 0.25) is 5.91 Å².